The van der Waals surface area contributed by atoms with Gasteiger partial charge in [-0.3, -0.25) is 4.79 Å². The van der Waals surface area contributed by atoms with E-state index in [4.69, 9.17) is 12.9 Å². The van der Waals surface area contributed by atoms with Crippen molar-refractivity contribution in [1.82, 2.24) is 0 Å². The molecule has 2 rings (SSSR count). The number of hydrogen-bond donors (Lipinski definition) is 1. The van der Waals surface area contributed by atoms with Gasteiger partial charge < -0.3 is 5.32 Å². The second-order valence-corrected chi connectivity index (χ2v) is 4.64. The van der Waals surface area contributed by atoms with Crippen LogP contribution >= 0.6 is 11.6 Å². The zero-order valence-corrected chi connectivity index (χ0v) is 11.3. The minimum absolute atomic E-state index is 0.139. The third-order valence-electron chi connectivity index (χ3n) is 2.79. The molecule has 0 aliphatic rings. The van der Waals surface area contributed by atoms with E-state index in [1.165, 1.54) is 0 Å². The molecule has 0 atom stereocenters. The van der Waals surface area contributed by atoms with Crippen LogP contribution in [-0.4, -0.2) is 15.1 Å². The number of amides is 1. The highest BCUT2D eigenvalue weighted by molar-refractivity contribution is 6.31. The topological polar surface area (TPSA) is 29.1 Å². The Morgan fingerprint density at radius 2 is 2.05 bits per heavy atom. The molecule has 0 aliphatic carbocycles. The van der Waals surface area contributed by atoms with Gasteiger partial charge in [-0.25, -0.2) is 0 Å². The number of benzene rings is 2. The van der Waals surface area contributed by atoms with E-state index in [2.05, 4.69) is 5.32 Å². The molecule has 2 aromatic carbocycles. The van der Waals surface area contributed by atoms with Crippen molar-refractivity contribution in [3.05, 3.63) is 64.7 Å². The summed E-state index contributed by atoms with van der Waals surface area (Å²) in [6.07, 6.45) is 1.51. The number of nitrogens with one attached hydrogen (secondary N) is 1. The lowest BCUT2D eigenvalue weighted by Gasteiger charge is -2.08. The van der Waals surface area contributed by atoms with Crippen LogP contribution in [0.3, 0.4) is 0 Å². The average Bonchev–Trinajstić information content (AvgIpc) is 2.48. The maximum atomic E-state index is 12.1. The van der Waals surface area contributed by atoms with Crippen LogP contribution < -0.4 is 5.32 Å². The smallest absolute Gasteiger partial charge is 0.255 e. The van der Waals surface area contributed by atoms with E-state index >= 15 is 0 Å². The van der Waals surface area contributed by atoms with Crippen molar-refractivity contribution in [2.75, 3.05) is 5.32 Å². The van der Waals surface area contributed by atoms with E-state index in [-0.39, 0.29) is 5.91 Å². The molecule has 0 aromatic heterocycles. The third-order valence-corrected chi connectivity index (χ3v) is 3.15. The fraction of sp³-hybridized carbons (Fsp3) is 0.133. The van der Waals surface area contributed by atoms with Gasteiger partial charge in [0.25, 0.3) is 5.91 Å². The fourth-order valence-electron chi connectivity index (χ4n) is 1.83. The number of anilines is 1. The summed E-state index contributed by atoms with van der Waals surface area (Å²) >= 11 is 6.11. The second-order valence-electron chi connectivity index (χ2n) is 4.23. The van der Waals surface area contributed by atoms with Gasteiger partial charge in [-0.05, 0) is 43.7 Å². The zero-order chi connectivity index (χ0) is 14.4. The first-order chi connectivity index (χ1) is 9.70. The lowest BCUT2D eigenvalue weighted by molar-refractivity contribution is 0.102. The highest BCUT2D eigenvalue weighted by Crippen LogP contribution is 2.22. The SMILES string of the molecule is [2H]BCCc1cc(NC(=O)c2ccccc2)ccc1Cl. The lowest BCUT2D eigenvalue weighted by atomic mass is 9.97. The van der Waals surface area contributed by atoms with Gasteiger partial charge in [-0.2, -0.15) is 0 Å². The van der Waals surface area contributed by atoms with Gasteiger partial charge in [-0.15, -0.1) is 0 Å². The Hall–Kier alpha value is -1.74. The van der Waals surface area contributed by atoms with Crippen LogP contribution in [0.15, 0.2) is 48.5 Å². The van der Waals surface area contributed by atoms with Crippen molar-refractivity contribution in [3.8, 4) is 0 Å². The molecule has 2 nitrogen and oxygen atoms in total. The molecule has 19 heavy (non-hydrogen) atoms. The molecule has 0 saturated heterocycles. The van der Waals surface area contributed by atoms with Crippen molar-refractivity contribution >= 4 is 31.0 Å². The second kappa shape index (κ2) is 6.44. The Balaban J connectivity index is 2.11. The van der Waals surface area contributed by atoms with Crippen molar-refractivity contribution in [3.63, 3.8) is 0 Å². The Bertz CT molecular complexity index is 592. The zero-order valence-electron chi connectivity index (χ0n) is 11.5. The molecule has 0 spiro atoms. The van der Waals surface area contributed by atoms with Crippen molar-refractivity contribution in [1.29, 1.82) is 1.34 Å². The molecular weight excluding hydrogens is 256 g/mol. The minimum atomic E-state index is -0.139. The van der Waals surface area contributed by atoms with E-state index in [0.717, 1.165) is 24.0 Å². The van der Waals surface area contributed by atoms with E-state index < -0.39 is 0 Å². The van der Waals surface area contributed by atoms with Gasteiger partial charge >= 0.3 is 0 Å². The monoisotopic (exact) mass is 272 g/mol. The summed E-state index contributed by atoms with van der Waals surface area (Å²) in [5, 5.41) is 3.53. The molecular formula is C15H15BClNO. The van der Waals surface area contributed by atoms with Gasteiger partial charge in [0.15, 0.2) is 0 Å². The van der Waals surface area contributed by atoms with Crippen LogP contribution in [0.5, 0.6) is 0 Å². The average molecular weight is 273 g/mol. The van der Waals surface area contributed by atoms with E-state index in [9.17, 15) is 4.79 Å². The molecule has 0 fully saturated rings. The molecule has 96 valence electrons. The molecule has 0 aliphatic heterocycles. The first-order valence-corrected chi connectivity index (χ1v) is 6.52. The molecule has 0 unspecified atom stereocenters. The largest absolute Gasteiger partial charge is 0.322 e. The predicted molar refractivity (Wildman–Crippen MR) is 82.9 cm³/mol. The summed E-state index contributed by atoms with van der Waals surface area (Å²) < 4.78 is 7.19. The summed E-state index contributed by atoms with van der Waals surface area (Å²) in [7, 11) is 0.372. The number of rotatable bonds is 5. The predicted octanol–water partition coefficient (Wildman–Crippen LogP) is 3.19. The van der Waals surface area contributed by atoms with Gasteiger partial charge in [0.05, 0.1) is 0 Å². The summed E-state index contributed by atoms with van der Waals surface area (Å²) in [4.78, 5) is 12.1. The summed E-state index contributed by atoms with van der Waals surface area (Å²) in [5.74, 6) is -0.139. The van der Waals surface area contributed by atoms with Crippen LogP contribution in [0.25, 0.3) is 0 Å². The number of carbonyl (C=O) groups excluding carboxylic acids is 1. The minimum Gasteiger partial charge on any atom is -0.322 e. The molecule has 2 aromatic rings. The standard InChI is InChI=1S/C15H15BClNO/c16-9-8-12-10-13(6-7-14(12)17)18-15(19)11-4-2-1-3-5-11/h1-7,10H,8-9,16H2,(H,18,19)/i16D. The van der Waals surface area contributed by atoms with Crippen LogP contribution in [0, 0.1) is 0 Å². The summed E-state index contributed by atoms with van der Waals surface area (Å²) in [5.41, 5.74) is 2.31. The number of halogens is 1. The Morgan fingerprint density at radius 1 is 1.26 bits per heavy atom. The van der Waals surface area contributed by atoms with Crippen LogP contribution in [0.1, 0.15) is 15.9 Å². The number of aryl methyl sites for hydroxylation is 1. The normalized spacial score (nSPS) is 10.7. The first-order valence-electron chi connectivity index (χ1n) is 6.85. The van der Waals surface area contributed by atoms with Crippen LogP contribution in [0.2, 0.25) is 11.3 Å². The van der Waals surface area contributed by atoms with Gasteiger partial charge in [0.1, 0.15) is 7.81 Å². The molecule has 0 heterocycles. The highest BCUT2D eigenvalue weighted by atomic mass is 35.5. The third kappa shape index (κ3) is 3.61. The Morgan fingerprint density at radius 3 is 2.79 bits per heavy atom. The Labute approximate surface area is 120 Å². The van der Waals surface area contributed by atoms with Crippen molar-refractivity contribution in [2.45, 2.75) is 12.7 Å². The van der Waals surface area contributed by atoms with Crippen LogP contribution in [-0.2, 0) is 6.42 Å². The maximum absolute atomic E-state index is 12.1. The van der Waals surface area contributed by atoms with Gasteiger partial charge in [0.2, 0.25) is 0 Å². The van der Waals surface area contributed by atoms with E-state index in [1.807, 2.05) is 24.3 Å². The maximum Gasteiger partial charge on any atom is 0.255 e. The molecule has 1 N–H and O–H groups in total. The lowest BCUT2D eigenvalue weighted by Crippen LogP contribution is -2.11. The highest BCUT2D eigenvalue weighted by Gasteiger charge is 2.07. The molecule has 0 saturated carbocycles. The van der Waals surface area contributed by atoms with Crippen molar-refractivity contribution < 1.29 is 4.79 Å². The molecule has 4 heteroatoms. The fourth-order valence-corrected chi connectivity index (χ4v) is 2.04. The van der Waals surface area contributed by atoms with Gasteiger partial charge in [-0.1, -0.05) is 36.1 Å². The van der Waals surface area contributed by atoms with Gasteiger partial charge in [0, 0.05) is 16.3 Å². The molecule has 1 amide bonds. The molecule has 0 radical (unpaired) electrons. The quantitative estimate of drug-likeness (QED) is 0.832. The van der Waals surface area contributed by atoms with Crippen molar-refractivity contribution in [2.24, 2.45) is 0 Å². The van der Waals surface area contributed by atoms with Crippen LogP contribution in [0.4, 0.5) is 5.69 Å². The Kier molecular flexibility index (Phi) is 4.17. The summed E-state index contributed by atoms with van der Waals surface area (Å²) in [6, 6.07) is 14.5. The number of hydrogen-bond acceptors (Lipinski definition) is 1. The number of carbonyl (C=O) groups is 1. The first kappa shape index (κ1) is 12.3. The molecule has 0 bridgehead atoms. The van der Waals surface area contributed by atoms with E-state index in [0.29, 0.717) is 18.4 Å². The van der Waals surface area contributed by atoms with E-state index in [1.54, 1.807) is 24.3 Å². The summed E-state index contributed by atoms with van der Waals surface area (Å²) in [6.45, 7) is 0.